The number of rotatable bonds is 9. The van der Waals surface area contributed by atoms with Crippen LogP contribution in [0.3, 0.4) is 0 Å². The minimum Gasteiger partial charge on any atom is -0.385 e. The number of nitrogens with one attached hydrogen (secondary N) is 1. The number of benzene rings is 1. The fourth-order valence-electron chi connectivity index (χ4n) is 4.46. The van der Waals surface area contributed by atoms with Crippen molar-refractivity contribution in [3.05, 3.63) is 35.8 Å². The van der Waals surface area contributed by atoms with E-state index in [1.165, 1.54) is 6.07 Å². The molecule has 1 aromatic heterocycles. The number of amides is 1. The van der Waals surface area contributed by atoms with Gasteiger partial charge in [-0.05, 0) is 70.3 Å². The molecule has 1 aliphatic rings. The van der Waals surface area contributed by atoms with Gasteiger partial charge in [-0.15, -0.1) is 0 Å². The summed E-state index contributed by atoms with van der Waals surface area (Å²) in [5.41, 5.74) is 1.95. The Hall–Kier alpha value is -1.92. The highest BCUT2D eigenvalue weighted by molar-refractivity contribution is 5.85. The summed E-state index contributed by atoms with van der Waals surface area (Å²) < 4.78 is 21.1. The van der Waals surface area contributed by atoms with Crippen molar-refractivity contribution in [2.75, 3.05) is 26.8 Å². The summed E-state index contributed by atoms with van der Waals surface area (Å²) in [4.78, 5) is 15.4. The minimum absolute atomic E-state index is 0.148. The highest BCUT2D eigenvalue weighted by Gasteiger charge is 2.28. The minimum atomic E-state index is -0.246. The molecule has 160 valence electrons. The van der Waals surface area contributed by atoms with E-state index in [0.717, 1.165) is 68.5 Å². The normalized spacial score (nSPS) is 17.2. The number of unbranched alkanes of at least 4 members (excludes halogenated alkanes) is 1. The molecule has 1 aromatic carbocycles. The Morgan fingerprint density at radius 1 is 1.34 bits per heavy atom. The van der Waals surface area contributed by atoms with Crippen LogP contribution in [0.1, 0.15) is 45.2 Å². The van der Waals surface area contributed by atoms with Gasteiger partial charge in [0.15, 0.2) is 0 Å². The Morgan fingerprint density at radius 2 is 2.17 bits per heavy atom. The predicted molar refractivity (Wildman–Crippen MR) is 115 cm³/mol. The summed E-state index contributed by atoms with van der Waals surface area (Å²) in [6, 6.07) is 7.25. The van der Waals surface area contributed by atoms with E-state index in [1.807, 2.05) is 17.0 Å². The fourth-order valence-corrected chi connectivity index (χ4v) is 4.46. The van der Waals surface area contributed by atoms with Crippen LogP contribution in [0.15, 0.2) is 24.3 Å². The van der Waals surface area contributed by atoms with Crippen LogP contribution in [0.25, 0.3) is 10.9 Å². The molecule has 0 unspecified atom stereocenters. The molecule has 0 spiro atoms. The van der Waals surface area contributed by atoms with Crippen LogP contribution in [-0.2, 0) is 22.5 Å². The average Bonchev–Trinajstić information content (AvgIpc) is 3.02. The van der Waals surface area contributed by atoms with E-state index >= 15 is 0 Å². The molecule has 2 aromatic rings. The number of ether oxygens (including phenoxy) is 1. The molecule has 1 saturated heterocycles. The van der Waals surface area contributed by atoms with Crippen molar-refractivity contribution in [3.8, 4) is 0 Å². The third-order valence-corrected chi connectivity index (χ3v) is 5.77. The molecule has 1 fully saturated rings. The zero-order valence-corrected chi connectivity index (χ0v) is 17.9. The Morgan fingerprint density at radius 3 is 2.86 bits per heavy atom. The SMILES string of the molecule is COCCCCn1c(CC(=O)N(C(C)C)[C@@H]2CCCNC2)cc2cc(F)ccc21. The number of nitrogens with zero attached hydrogens (tertiary/aromatic N) is 2. The lowest BCUT2D eigenvalue weighted by molar-refractivity contribution is -0.135. The number of carbonyl (C=O) groups excluding carboxylic acids is 1. The van der Waals surface area contributed by atoms with Gasteiger partial charge in [0.25, 0.3) is 0 Å². The Labute approximate surface area is 173 Å². The van der Waals surface area contributed by atoms with Gasteiger partial charge in [-0.25, -0.2) is 4.39 Å². The van der Waals surface area contributed by atoms with E-state index in [9.17, 15) is 9.18 Å². The second kappa shape index (κ2) is 10.2. The number of aromatic nitrogens is 1. The van der Waals surface area contributed by atoms with Gasteiger partial charge < -0.3 is 19.5 Å². The van der Waals surface area contributed by atoms with E-state index in [0.29, 0.717) is 6.42 Å². The van der Waals surface area contributed by atoms with Gasteiger partial charge in [0.1, 0.15) is 5.82 Å². The first-order valence-corrected chi connectivity index (χ1v) is 10.8. The van der Waals surface area contributed by atoms with E-state index in [-0.39, 0.29) is 23.8 Å². The lowest BCUT2D eigenvalue weighted by Crippen LogP contribution is -2.52. The second-order valence-corrected chi connectivity index (χ2v) is 8.26. The van der Waals surface area contributed by atoms with Crippen LogP contribution in [0.2, 0.25) is 0 Å². The number of halogens is 1. The summed E-state index contributed by atoms with van der Waals surface area (Å²) in [7, 11) is 1.71. The first kappa shape index (κ1) is 21.8. The topological polar surface area (TPSA) is 46.5 Å². The van der Waals surface area contributed by atoms with Crippen molar-refractivity contribution >= 4 is 16.8 Å². The number of methoxy groups -OCH3 is 1. The average molecular weight is 404 g/mol. The van der Waals surface area contributed by atoms with E-state index in [1.54, 1.807) is 13.2 Å². The lowest BCUT2D eigenvalue weighted by atomic mass is 10.0. The molecule has 0 saturated carbocycles. The van der Waals surface area contributed by atoms with Crippen molar-refractivity contribution in [2.24, 2.45) is 0 Å². The Kier molecular flexibility index (Phi) is 7.67. The summed E-state index contributed by atoms with van der Waals surface area (Å²) in [6.07, 6.45) is 4.39. The third kappa shape index (κ3) is 5.37. The van der Waals surface area contributed by atoms with Crippen molar-refractivity contribution in [1.82, 2.24) is 14.8 Å². The summed E-state index contributed by atoms with van der Waals surface area (Å²) in [5.74, 6) is -0.0980. The molecule has 1 amide bonds. The zero-order valence-electron chi connectivity index (χ0n) is 17.9. The predicted octanol–water partition coefficient (Wildman–Crippen LogP) is 3.74. The molecule has 2 heterocycles. The third-order valence-electron chi connectivity index (χ3n) is 5.77. The van der Waals surface area contributed by atoms with Gasteiger partial charge in [0.2, 0.25) is 5.91 Å². The molecule has 0 radical (unpaired) electrons. The number of hydrogen-bond acceptors (Lipinski definition) is 3. The monoisotopic (exact) mass is 403 g/mol. The maximum absolute atomic E-state index is 13.8. The van der Waals surface area contributed by atoms with E-state index in [2.05, 4.69) is 23.7 Å². The maximum Gasteiger partial charge on any atom is 0.229 e. The standard InChI is InChI=1S/C23H34FN3O2/c1-17(2)27(20-7-6-10-25-16-20)23(28)15-21-14-18-13-19(24)8-9-22(18)26(21)11-4-5-12-29-3/h8-9,13-14,17,20,25H,4-7,10-12,15-16H2,1-3H3/t20-/m1/s1. The number of piperidine rings is 1. The first-order valence-electron chi connectivity index (χ1n) is 10.8. The van der Waals surface area contributed by atoms with Gasteiger partial charge in [-0.3, -0.25) is 4.79 Å². The summed E-state index contributed by atoms with van der Waals surface area (Å²) >= 11 is 0. The maximum atomic E-state index is 13.8. The van der Waals surface area contributed by atoms with Crippen molar-refractivity contribution in [3.63, 3.8) is 0 Å². The van der Waals surface area contributed by atoms with Crippen molar-refractivity contribution in [1.29, 1.82) is 0 Å². The molecule has 1 atom stereocenters. The quantitative estimate of drug-likeness (QED) is 0.649. The number of hydrogen-bond donors (Lipinski definition) is 1. The van der Waals surface area contributed by atoms with E-state index < -0.39 is 0 Å². The van der Waals surface area contributed by atoms with Gasteiger partial charge in [0, 0.05) is 55.5 Å². The second-order valence-electron chi connectivity index (χ2n) is 8.26. The van der Waals surface area contributed by atoms with E-state index in [4.69, 9.17) is 4.74 Å². The Bertz CT molecular complexity index is 812. The molecule has 1 N–H and O–H groups in total. The molecule has 6 heteroatoms. The van der Waals surface area contributed by atoms with Gasteiger partial charge in [0.05, 0.1) is 6.42 Å². The molecule has 1 aliphatic heterocycles. The molecular weight excluding hydrogens is 369 g/mol. The number of fused-ring (bicyclic) bond motifs is 1. The molecule has 3 rings (SSSR count). The lowest BCUT2D eigenvalue weighted by Gasteiger charge is -2.37. The van der Waals surface area contributed by atoms with Crippen LogP contribution in [-0.4, -0.2) is 54.3 Å². The zero-order chi connectivity index (χ0) is 20.8. The highest BCUT2D eigenvalue weighted by atomic mass is 19.1. The van der Waals surface area contributed by atoms with Gasteiger partial charge in [-0.1, -0.05) is 0 Å². The molecule has 29 heavy (non-hydrogen) atoms. The van der Waals surface area contributed by atoms with Gasteiger partial charge in [-0.2, -0.15) is 0 Å². The molecule has 0 bridgehead atoms. The molecule has 0 aliphatic carbocycles. The van der Waals surface area contributed by atoms with Crippen LogP contribution in [0, 0.1) is 5.82 Å². The van der Waals surface area contributed by atoms with Crippen molar-refractivity contribution in [2.45, 2.75) is 64.6 Å². The van der Waals surface area contributed by atoms with Crippen molar-refractivity contribution < 1.29 is 13.9 Å². The number of aryl methyl sites for hydroxylation is 1. The van der Waals surface area contributed by atoms with Crippen LogP contribution in [0.4, 0.5) is 4.39 Å². The highest BCUT2D eigenvalue weighted by Crippen LogP contribution is 2.24. The largest absolute Gasteiger partial charge is 0.385 e. The first-order chi connectivity index (χ1) is 14.0. The summed E-state index contributed by atoms with van der Waals surface area (Å²) in [5, 5.41) is 4.27. The summed E-state index contributed by atoms with van der Waals surface area (Å²) in [6.45, 7) is 7.57. The van der Waals surface area contributed by atoms with Gasteiger partial charge >= 0.3 is 0 Å². The fraction of sp³-hybridized carbons (Fsp3) is 0.609. The van der Waals surface area contributed by atoms with Crippen LogP contribution in [0.5, 0.6) is 0 Å². The number of carbonyl (C=O) groups is 1. The molecule has 5 nitrogen and oxygen atoms in total. The smallest absolute Gasteiger partial charge is 0.229 e. The van der Waals surface area contributed by atoms with Crippen LogP contribution < -0.4 is 5.32 Å². The molecular formula is C23H34FN3O2. The Balaban J connectivity index is 1.83. The van der Waals surface area contributed by atoms with Crippen LogP contribution >= 0.6 is 0 Å².